The van der Waals surface area contributed by atoms with Crippen molar-refractivity contribution in [3.63, 3.8) is 0 Å². The smallest absolute Gasteiger partial charge is 0.219 e. The number of methoxy groups -OCH3 is 3. The van der Waals surface area contributed by atoms with Crippen molar-refractivity contribution >= 4 is 27.1 Å². The fraction of sp³-hybridized carbons (Fsp3) is 0.115. The largest absolute Gasteiger partial charge is 1.00 e. The maximum atomic E-state index is 5.71. The predicted molar refractivity (Wildman–Crippen MR) is 120 cm³/mol. The first-order valence-corrected chi connectivity index (χ1v) is 9.79. The van der Waals surface area contributed by atoms with Gasteiger partial charge in [-0.05, 0) is 40.6 Å². The van der Waals surface area contributed by atoms with Crippen molar-refractivity contribution in [2.45, 2.75) is 0 Å². The number of fused-ring (bicyclic) bond motifs is 4. The van der Waals surface area contributed by atoms with E-state index in [1.165, 1.54) is 0 Å². The van der Waals surface area contributed by atoms with Crippen LogP contribution in [0.25, 0.3) is 38.2 Å². The summed E-state index contributed by atoms with van der Waals surface area (Å²) < 4.78 is 18.8. The molecule has 0 saturated carbocycles. The first-order valence-electron chi connectivity index (χ1n) is 9.79. The van der Waals surface area contributed by atoms with Crippen LogP contribution in [0, 0.1) is 0 Å². The average Bonchev–Trinajstić information content (AvgIpc) is 2.81. The molecule has 0 amide bonds. The molecule has 0 bridgehead atoms. The molecule has 0 radical (unpaired) electrons. The van der Waals surface area contributed by atoms with Crippen LogP contribution in [0.5, 0.6) is 17.2 Å². The number of halogens is 1. The van der Waals surface area contributed by atoms with Crippen molar-refractivity contribution in [1.29, 1.82) is 0 Å². The molecule has 0 atom stereocenters. The van der Waals surface area contributed by atoms with E-state index in [2.05, 4.69) is 53.2 Å². The summed E-state index contributed by atoms with van der Waals surface area (Å²) in [5.41, 5.74) is 3.32. The molecule has 0 aliphatic heterocycles. The van der Waals surface area contributed by atoms with Crippen molar-refractivity contribution in [1.82, 2.24) is 0 Å². The number of ether oxygens (including phenoxy) is 3. The van der Waals surface area contributed by atoms with Crippen molar-refractivity contribution in [2.24, 2.45) is 0 Å². The van der Waals surface area contributed by atoms with Crippen molar-refractivity contribution in [3.05, 3.63) is 79.1 Å². The molecule has 2 heterocycles. The van der Waals surface area contributed by atoms with Gasteiger partial charge in [0.2, 0.25) is 5.52 Å². The highest BCUT2D eigenvalue weighted by atomic mass is 35.5. The highest BCUT2D eigenvalue weighted by Gasteiger charge is 2.16. The number of hydrogen-bond donors (Lipinski definition) is 0. The topological polar surface area (TPSA) is 31.8 Å². The molecule has 5 heteroatoms. The van der Waals surface area contributed by atoms with Crippen molar-refractivity contribution < 1.29 is 31.0 Å². The summed E-state index contributed by atoms with van der Waals surface area (Å²) in [7, 11) is 5.04. The normalized spacial score (nSPS) is 10.8. The molecule has 0 spiro atoms. The SMILES string of the molecule is COc1cc2cc3c4cc(-c5ccccc5)c(OC)cc4cc[n+]3cc2cc1OC.[Cl-]. The minimum Gasteiger partial charge on any atom is -1.00 e. The van der Waals surface area contributed by atoms with Gasteiger partial charge in [0.25, 0.3) is 0 Å². The second-order valence-corrected chi connectivity index (χ2v) is 7.22. The number of hydrogen-bond acceptors (Lipinski definition) is 3. The summed E-state index contributed by atoms with van der Waals surface area (Å²) in [6.45, 7) is 0. The van der Waals surface area contributed by atoms with Gasteiger partial charge in [-0.25, -0.2) is 0 Å². The van der Waals surface area contributed by atoms with Gasteiger partial charge in [0.1, 0.15) is 5.75 Å². The fourth-order valence-corrected chi connectivity index (χ4v) is 4.06. The summed E-state index contributed by atoms with van der Waals surface area (Å²) in [4.78, 5) is 0. The third-order valence-electron chi connectivity index (χ3n) is 5.58. The Morgan fingerprint density at radius 2 is 1.29 bits per heavy atom. The van der Waals surface area contributed by atoms with Gasteiger partial charge < -0.3 is 26.6 Å². The molecule has 31 heavy (non-hydrogen) atoms. The Bertz CT molecular complexity index is 1400. The van der Waals surface area contributed by atoms with E-state index >= 15 is 0 Å². The summed E-state index contributed by atoms with van der Waals surface area (Å²) in [5, 5.41) is 4.47. The number of nitrogens with zero attached hydrogens (tertiary/aromatic N) is 1. The van der Waals surface area contributed by atoms with Crippen LogP contribution < -0.4 is 31.0 Å². The van der Waals surface area contributed by atoms with E-state index in [0.717, 1.165) is 55.4 Å². The molecule has 0 unspecified atom stereocenters. The van der Waals surface area contributed by atoms with Gasteiger partial charge in [-0.1, -0.05) is 30.3 Å². The van der Waals surface area contributed by atoms with Gasteiger partial charge in [0.05, 0.1) is 32.1 Å². The Balaban J connectivity index is 0.00000231. The highest BCUT2D eigenvalue weighted by molar-refractivity contribution is 6.01. The molecule has 0 aliphatic carbocycles. The Kier molecular flexibility index (Phi) is 5.57. The zero-order valence-corrected chi connectivity index (χ0v) is 18.3. The molecule has 3 aromatic carbocycles. The summed E-state index contributed by atoms with van der Waals surface area (Å²) >= 11 is 0. The Hall–Kier alpha value is -3.50. The van der Waals surface area contributed by atoms with Gasteiger partial charge in [-0.2, -0.15) is 4.40 Å². The molecule has 0 fully saturated rings. The standard InChI is InChI=1S/C26H22NO3.ClH/c1-28-24-12-18-9-10-27-16-20-14-26(30-3)25(29-2)13-19(20)11-23(27)21(18)15-22(24)17-7-5-4-6-8-17;/h4-16H,1-3H3;1H/q+1;/p-1. The molecule has 156 valence electrons. The van der Waals surface area contributed by atoms with E-state index in [1.54, 1.807) is 21.3 Å². The summed E-state index contributed by atoms with van der Waals surface area (Å²) in [6.07, 6.45) is 4.20. The fourth-order valence-electron chi connectivity index (χ4n) is 4.06. The Labute approximate surface area is 187 Å². The third-order valence-corrected chi connectivity index (χ3v) is 5.58. The van der Waals surface area contributed by atoms with Gasteiger partial charge >= 0.3 is 0 Å². The van der Waals surface area contributed by atoms with Gasteiger partial charge in [0.15, 0.2) is 23.9 Å². The molecule has 5 rings (SSSR count). The van der Waals surface area contributed by atoms with E-state index in [4.69, 9.17) is 14.2 Å². The maximum absolute atomic E-state index is 5.71. The van der Waals surface area contributed by atoms with Crippen LogP contribution in [0.2, 0.25) is 0 Å². The van der Waals surface area contributed by atoms with E-state index in [9.17, 15) is 0 Å². The Morgan fingerprint density at radius 1 is 0.645 bits per heavy atom. The molecule has 0 N–H and O–H groups in total. The lowest BCUT2D eigenvalue weighted by Gasteiger charge is -2.11. The Morgan fingerprint density at radius 3 is 1.97 bits per heavy atom. The monoisotopic (exact) mass is 431 g/mol. The average molecular weight is 432 g/mol. The van der Waals surface area contributed by atoms with Crippen LogP contribution in [-0.4, -0.2) is 21.3 Å². The van der Waals surface area contributed by atoms with Crippen LogP contribution in [0.15, 0.2) is 79.1 Å². The first kappa shape index (κ1) is 20.8. The van der Waals surface area contributed by atoms with Crippen LogP contribution >= 0.6 is 0 Å². The van der Waals surface area contributed by atoms with E-state index in [0.29, 0.717) is 0 Å². The molecule has 0 aliphatic rings. The number of aromatic nitrogens is 1. The third kappa shape index (κ3) is 3.49. The van der Waals surface area contributed by atoms with Crippen LogP contribution in [0.1, 0.15) is 0 Å². The minimum absolute atomic E-state index is 0. The van der Waals surface area contributed by atoms with Crippen LogP contribution in [-0.2, 0) is 0 Å². The number of rotatable bonds is 4. The second kappa shape index (κ2) is 8.32. The van der Waals surface area contributed by atoms with Crippen LogP contribution in [0.4, 0.5) is 0 Å². The summed E-state index contributed by atoms with van der Waals surface area (Å²) in [6, 6.07) is 23.0. The zero-order valence-electron chi connectivity index (χ0n) is 17.6. The molecular formula is C26H22ClNO3. The van der Waals surface area contributed by atoms with Gasteiger partial charge in [-0.3, -0.25) is 0 Å². The molecule has 4 nitrogen and oxygen atoms in total. The highest BCUT2D eigenvalue weighted by Crippen LogP contribution is 2.36. The number of benzene rings is 3. The van der Waals surface area contributed by atoms with Crippen molar-refractivity contribution in [2.75, 3.05) is 21.3 Å². The quantitative estimate of drug-likeness (QED) is 0.249. The molecule has 0 saturated heterocycles. The zero-order chi connectivity index (χ0) is 20.7. The predicted octanol–water partition coefficient (Wildman–Crippen LogP) is 2.43. The van der Waals surface area contributed by atoms with Crippen LogP contribution in [0.3, 0.4) is 0 Å². The lowest BCUT2D eigenvalue weighted by atomic mass is 9.99. The number of pyridine rings is 2. The molecule has 2 aromatic heterocycles. The van der Waals surface area contributed by atoms with Gasteiger partial charge in [-0.15, -0.1) is 0 Å². The van der Waals surface area contributed by atoms with Gasteiger partial charge in [0, 0.05) is 17.7 Å². The molecular weight excluding hydrogens is 410 g/mol. The second-order valence-electron chi connectivity index (χ2n) is 7.22. The van der Waals surface area contributed by atoms with Crippen molar-refractivity contribution in [3.8, 4) is 28.4 Å². The van der Waals surface area contributed by atoms with E-state index < -0.39 is 0 Å². The summed E-state index contributed by atoms with van der Waals surface area (Å²) in [5.74, 6) is 2.31. The first-order chi connectivity index (χ1) is 14.7. The molecule has 5 aromatic rings. The minimum atomic E-state index is 0. The lowest BCUT2D eigenvalue weighted by Crippen LogP contribution is -3.00. The van der Waals surface area contributed by atoms with E-state index in [-0.39, 0.29) is 12.4 Å². The lowest BCUT2D eigenvalue weighted by molar-refractivity contribution is -0.509. The maximum Gasteiger partial charge on any atom is 0.219 e. The van der Waals surface area contributed by atoms with E-state index in [1.807, 2.05) is 30.3 Å².